The third kappa shape index (κ3) is 5.34. The first-order valence-corrected chi connectivity index (χ1v) is 7.53. The molecule has 0 aliphatic heterocycles. The highest BCUT2D eigenvalue weighted by molar-refractivity contribution is 5.01. The van der Waals surface area contributed by atoms with E-state index in [1.807, 2.05) is 0 Å². The number of aromatic nitrogens is 3. The van der Waals surface area contributed by atoms with Crippen molar-refractivity contribution in [2.45, 2.75) is 52.0 Å². The Labute approximate surface area is 124 Å². The third-order valence-corrected chi connectivity index (χ3v) is 3.22. The van der Waals surface area contributed by atoms with Gasteiger partial charge in [0.2, 0.25) is 0 Å². The fraction of sp³-hybridized carbons (Fsp3) is 0.786. The van der Waals surface area contributed by atoms with Crippen LogP contribution in [0.4, 0.5) is 0 Å². The van der Waals surface area contributed by atoms with Gasteiger partial charge in [0, 0.05) is 26.6 Å². The minimum absolute atomic E-state index is 0.0165. The molecule has 1 rings (SSSR count). The Morgan fingerprint density at radius 2 is 1.86 bits per heavy atom. The zero-order chi connectivity index (χ0) is 15.7. The number of rotatable bonds is 10. The molecule has 1 N–H and O–H groups in total. The largest absolute Gasteiger partial charge is 0.473 e. The van der Waals surface area contributed by atoms with E-state index >= 15 is 0 Å². The van der Waals surface area contributed by atoms with Crippen LogP contribution in [0.15, 0.2) is 9.59 Å². The summed E-state index contributed by atoms with van der Waals surface area (Å²) < 4.78 is 7.52. The Hall–Kier alpha value is -1.63. The van der Waals surface area contributed by atoms with Crippen LogP contribution in [0.2, 0.25) is 0 Å². The molecule has 0 fully saturated rings. The highest BCUT2D eigenvalue weighted by atomic mass is 16.5. The lowest BCUT2D eigenvalue weighted by molar-refractivity contribution is 0.221. The topological polar surface area (TPSA) is 86.3 Å². The van der Waals surface area contributed by atoms with Crippen molar-refractivity contribution in [3.8, 4) is 5.88 Å². The van der Waals surface area contributed by atoms with Gasteiger partial charge in [0.1, 0.15) is 0 Å². The van der Waals surface area contributed by atoms with Crippen LogP contribution < -0.4 is 16.0 Å². The Kier molecular flexibility index (Phi) is 7.74. The summed E-state index contributed by atoms with van der Waals surface area (Å²) in [4.78, 5) is 23.8. The average Bonchev–Trinajstić information content (AvgIpc) is 2.48. The van der Waals surface area contributed by atoms with Gasteiger partial charge in [0.05, 0.1) is 6.61 Å². The number of nitrogens with zero attached hydrogens (tertiary/aromatic N) is 3. The lowest BCUT2D eigenvalue weighted by Gasteiger charge is -2.09. The van der Waals surface area contributed by atoms with E-state index in [0.717, 1.165) is 23.8 Å². The van der Waals surface area contributed by atoms with Crippen molar-refractivity contribution in [1.29, 1.82) is 0 Å². The molecule has 1 heterocycles. The van der Waals surface area contributed by atoms with E-state index in [4.69, 9.17) is 9.84 Å². The van der Waals surface area contributed by atoms with Gasteiger partial charge in [-0.25, -0.2) is 9.48 Å². The number of hydrogen-bond donors (Lipinski definition) is 1. The Morgan fingerprint density at radius 1 is 1.14 bits per heavy atom. The van der Waals surface area contributed by atoms with Crippen LogP contribution in [0.5, 0.6) is 5.88 Å². The van der Waals surface area contributed by atoms with Gasteiger partial charge in [-0.15, -0.1) is 5.10 Å². The second-order valence-corrected chi connectivity index (χ2v) is 5.01. The molecule has 1 aromatic heterocycles. The molecular formula is C14H25N3O4. The maximum absolute atomic E-state index is 12.0. The van der Waals surface area contributed by atoms with Crippen LogP contribution in [0.25, 0.3) is 0 Å². The zero-order valence-electron chi connectivity index (χ0n) is 12.9. The molecule has 0 aromatic carbocycles. The van der Waals surface area contributed by atoms with Crippen molar-refractivity contribution in [3.05, 3.63) is 20.8 Å². The Morgan fingerprint density at radius 3 is 2.52 bits per heavy atom. The molecule has 0 spiro atoms. The second-order valence-electron chi connectivity index (χ2n) is 5.01. The van der Waals surface area contributed by atoms with Crippen LogP contribution in [0.1, 0.15) is 45.4 Å². The van der Waals surface area contributed by atoms with Crippen molar-refractivity contribution in [1.82, 2.24) is 14.3 Å². The lowest BCUT2D eigenvalue weighted by atomic mass is 10.1. The predicted octanol–water partition coefficient (Wildman–Crippen LogP) is 0.674. The molecule has 0 saturated heterocycles. The molecule has 0 unspecified atom stereocenters. The molecule has 1 aromatic rings. The molecule has 0 saturated carbocycles. The van der Waals surface area contributed by atoms with E-state index in [2.05, 4.69) is 12.0 Å². The normalized spacial score (nSPS) is 10.8. The number of aliphatic hydroxyl groups is 1. The first-order chi connectivity index (χ1) is 10.1. The van der Waals surface area contributed by atoms with Crippen molar-refractivity contribution in [3.63, 3.8) is 0 Å². The van der Waals surface area contributed by atoms with Crippen LogP contribution in [0, 0.1) is 0 Å². The average molecular weight is 299 g/mol. The monoisotopic (exact) mass is 299 g/mol. The summed E-state index contributed by atoms with van der Waals surface area (Å²) in [5.41, 5.74) is -0.967. The van der Waals surface area contributed by atoms with E-state index < -0.39 is 11.2 Å². The molecule has 21 heavy (non-hydrogen) atoms. The first-order valence-electron chi connectivity index (χ1n) is 7.53. The lowest BCUT2D eigenvalue weighted by Crippen LogP contribution is -2.40. The van der Waals surface area contributed by atoms with Gasteiger partial charge in [0.15, 0.2) is 0 Å². The standard InChI is InChI=1S/C14H25N3O4/c1-3-4-5-6-7-9-17-14(20)16(2)13(19)12(15-17)21-11-8-10-18/h18H,3-11H2,1-2H3. The highest BCUT2D eigenvalue weighted by Crippen LogP contribution is 2.03. The summed E-state index contributed by atoms with van der Waals surface area (Å²) in [6, 6.07) is 0. The van der Waals surface area contributed by atoms with Crippen molar-refractivity contribution < 1.29 is 9.84 Å². The predicted molar refractivity (Wildman–Crippen MR) is 79.7 cm³/mol. The van der Waals surface area contributed by atoms with Gasteiger partial charge in [0.25, 0.3) is 5.88 Å². The van der Waals surface area contributed by atoms with E-state index in [9.17, 15) is 9.59 Å². The van der Waals surface area contributed by atoms with Gasteiger partial charge in [-0.3, -0.25) is 9.36 Å². The number of aliphatic hydroxyl groups excluding tert-OH is 1. The fourth-order valence-electron chi connectivity index (χ4n) is 1.93. The summed E-state index contributed by atoms with van der Waals surface area (Å²) in [6.45, 7) is 2.81. The Bertz CT molecular complexity index is 536. The molecular weight excluding hydrogens is 274 g/mol. The van der Waals surface area contributed by atoms with Crippen molar-refractivity contribution in [2.24, 2.45) is 7.05 Å². The molecule has 7 nitrogen and oxygen atoms in total. The van der Waals surface area contributed by atoms with Crippen LogP contribution in [-0.2, 0) is 13.6 Å². The molecule has 0 bridgehead atoms. The molecule has 0 radical (unpaired) electrons. The molecule has 0 aliphatic carbocycles. The van der Waals surface area contributed by atoms with Crippen molar-refractivity contribution >= 4 is 0 Å². The SMILES string of the molecule is CCCCCCCn1nc(OCCCO)c(=O)n(C)c1=O. The summed E-state index contributed by atoms with van der Waals surface area (Å²) in [5, 5.41) is 12.7. The Balaban J connectivity index is 2.74. The molecule has 120 valence electrons. The second kappa shape index (κ2) is 9.33. The number of ether oxygens (including phenoxy) is 1. The quantitative estimate of drug-likeness (QED) is 0.642. The van der Waals surface area contributed by atoms with E-state index in [1.54, 1.807) is 0 Å². The van der Waals surface area contributed by atoms with E-state index in [-0.39, 0.29) is 19.1 Å². The number of hydrogen-bond acceptors (Lipinski definition) is 5. The van der Waals surface area contributed by atoms with Gasteiger partial charge >= 0.3 is 11.2 Å². The molecule has 7 heteroatoms. The smallest absolute Gasteiger partial charge is 0.347 e. The fourth-order valence-corrected chi connectivity index (χ4v) is 1.93. The van der Waals surface area contributed by atoms with Gasteiger partial charge in [-0.1, -0.05) is 32.6 Å². The number of aryl methyl sites for hydroxylation is 1. The zero-order valence-corrected chi connectivity index (χ0v) is 12.9. The molecule has 0 amide bonds. The summed E-state index contributed by atoms with van der Waals surface area (Å²) in [5.74, 6) is -0.0842. The maximum Gasteiger partial charge on any atom is 0.347 e. The number of unbranched alkanes of at least 4 members (excludes halogenated alkanes) is 4. The van der Waals surface area contributed by atoms with Gasteiger partial charge in [-0.2, -0.15) is 0 Å². The van der Waals surface area contributed by atoms with Gasteiger partial charge < -0.3 is 9.84 Å². The summed E-state index contributed by atoms with van der Waals surface area (Å²) in [6.07, 6.45) is 5.79. The van der Waals surface area contributed by atoms with Crippen LogP contribution >= 0.6 is 0 Å². The minimum atomic E-state index is -0.542. The summed E-state index contributed by atoms with van der Waals surface area (Å²) >= 11 is 0. The van der Waals surface area contributed by atoms with Crippen LogP contribution in [-0.4, -0.2) is 32.7 Å². The molecule has 0 atom stereocenters. The van der Waals surface area contributed by atoms with E-state index in [0.29, 0.717) is 13.0 Å². The third-order valence-electron chi connectivity index (χ3n) is 3.22. The maximum atomic E-state index is 12.0. The van der Waals surface area contributed by atoms with E-state index in [1.165, 1.54) is 24.6 Å². The summed E-state index contributed by atoms with van der Waals surface area (Å²) in [7, 11) is 1.42. The van der Waals surface area contributed by atoms with Gasteiger partial charge in [-0.05, 0) is 6.42 Å². The highest BCUT2D eigenvalue weighted by Gasteiger charge is 2.11. The molecule has 0 aliphatic rings. The first kappa shape index (κ1) is 17.4. The van der Waals surface area contributed by atoms with Crippen molar-refractivity contribution in [2.75, 3.05) is 13.2 Å². The van der Waals surface area contributed by atoms with Crippen LogP contribution in [0.3, 0.4) is 0 Å². The minimum Gasteiger partial charge on any atom is -0.473 e.